The zero-order chi connectivity index (χ0) is 14.7. The molecule has 1 aromatic carbocycles. The first-order valence-electron chi connectivity index (χ1n) is 7.81. The summed E-state index contributed by atoms with van der Waals surface area (Å²) in [7, 11) is 0. The van der Waals surface area contributed by atoms with Gasteiger partial charge in [-0.25, -0.2) is 0 Å². The van der Waals surface area contributed by atoms with Crippen molar-refractivity contribution in [3.05, 3.63) is 28.2 Å². The number of rotatable bonds is 7. The molecule has 1 atom stereocenters. The molecule has 2 nitrogen and oxygen atoms in total. The quantitative estimate of drug-likeness (QED) is 0.800. The number of halogens is 1. The van der Waals surface area contributed by atoms with Gasteiger partial charge in [0.15, 0.2) is 0 Å². The molecule has 20 heavy (non-hydrogen) atoms. The van der Waals surface area contributed by atoms with Gasteiger partial charge in [0.05, 0.1) is 0 Å². The van der Waals surface area contributed by atoms with Crippen molar-refractivity contribution in [1.29, 1.82) is 0 Å². The SMILES string of the molecule is CCC(N)Cc1cc(Br)ccc1N(CC(C)C)C1CC1. The lowest BCUT2D eigenvalue weighted by Crippen LogP contribution is -2.31. The molecule has 0 saturated heterocycles. The lowest BCUT2D eigenvalue weighted by molar-refractivity contribution is 0.600. The maximum Gasteiger partial charge on any atom is 0.0402 e. The van der Waals surface area contributed by atoms with Crippen molar-refractivity contribution in [3.8, 4) is 0 Å². The van der Waals surface area contributed by atoms with Crippen LogP contribution in [-0.2, 0) is 6.42 Å². The van der Waals surface area contributed by atoms with Gasteiger partial charge in [-0.05, 0) is 55.4 Å². The van der Waals surface area contributed by atoms with Crippen LogP contribution in [0.25, 0.3) is 0 Å². The normalized spacial score (nSPS) is 16.5. The Kier molecular flexibility index (Phi) is 5.50. The van der Waals surface area contributed by atoms with E-state index >= 15 is 0 Å². The third kappa shape index (κ3) is 4.23. The van der Waals surface area contributed by atoms with Crippen LogP contribution in [0, 0.1) is 5.92 Å². The Hall–Kier alpha value is -0.540. The summed E-state index contributed by atoms with van der Waals surface area (Å²) in [5, 5.41) is 0. The summed E-state index contributed by atoms with van der Waals surface area (Å²) in [5.74, 6) is 0.687. The minimum absolute atomic E-state index is 0.253. The summed E-state index contributed by atoms with van der Waals surface area (Å²) in [6.07, 6.45) is 4.66. The van der Waals surface area contributed by atoms with E-state index in [0.717, 1.165) is 29.9 Å². The van der Waals surface area contributed by atoms with Gasteiger partial charge >= 0.3 is 0 Å². The largest absolute Gasteiger partial charge is 0.368 e. The molecule has 1 fully saturated rings. The molecule has 112 valence electrons. The molecule has 0 heterocycles. The molecule has 1 aliphatic carbocycles. The van der Waals surface area contributed by atoms with E-state index in [1.165, 1.54) is 24.1 Å². The van der Waals surface area contributed by atoms with Crippen LogP contribution in [0.2, 0.25) is 0 Å². The summed E-state index contributed by atoms with van der Waals surface area (Å²) >= 11 is 3.60. The fraction of sp³-hybridized carbons (Fsp3) is 0.647. The predicted molar refractivity (Wildman–Crippen MR) is 91.3 cm³/mol. The van der Waals surface area contributed by atoms with Crippen LogP contribution in [0.3, 0.4) is 0 Å². The molecule has 1 unspecified atom stereocenters. The van der Waals surface area contributed by atoms with Crippen molar-refractivity contribution in [2.45, 2.75) is 58.5 Å². The maximum atomic E-state index is 6.18. The van der Waals surface area contributed by atoms with Crippen LogP contribution >= 0.6 is 15.9 Å². The molecule has 1 aromatic rings. The first-order valence-corrected chi connectivity index (χ1v) is 8.61. The number of nitrogens with two attached hydrogens (primary N) is 1. The standard InChI is InChI=1S/C17H27BrN2/c1-4-15(19)10-13-9-14(18)5-8-17(13)20(11-12(2)3)16-6-7-16/h5,8-9,12,15-16H,4,6-7,10-11,19H2,1-3H3. The highest BCUT2D eigenvalue weighted by Crippen LogP contribution is 2.35. The van der Waals surface area contributed by atoms with Crippen molar-refractivity contribution in [1.82, 2.24) is 0 Å². The monoisotopic (exact) mass is 338 g/mol. The van der Waals surface area contributed by atoms with E-state index < -0.39 is 0 Å². The second-order valence-electron chi connectivity index (χ2n) is 6.42. The zero-order valence-electron chi connectivity index (χ0n) is 12.9. The van der Waals surface area contributed by atoms with Crippen molar-refractivity contribution in [3.63, 3.8) is 0 Å². The fourth-order valence-electron chi connectivity index (χ4n) is 2.65. The zero-order valence-corrected chi connectivity index (χ0v) is 14.5. The van der Waals surface area contributed by atoms with E-state index in [2.05, 4.69) is 59.8 Å². The van der Waals surface area contributed by atoms with Gasteiger partial charge < -0.3 is 10.6 Å². The van der Waals surface area contributed by atoms with Gasteiger partial charge in [0, 0.05) is 28.8 Å². The third-order valence-electron chi connectivity index (χ3n) is 3.91. The molecule has 1 aliphatic rings. The van der Waals surface area contributed by atoms with E-state index in [0.29, 0.717) is 5.92 Å². The van der Waals surface area contributed by atoms with Crippen molar-refractivity contribution in [2.24, 2.45) is 11.7 Å². The summed E-state index contributed by atoms with van der Waals surface area (Å²) in [4.78, 5) is 2.61. The minimum Gasteiger partial charge on any atom is -0.368 e. The Labute approximate surface area is 131 Å². The molecule has 0 radical (unpaired) electrons. The summed E-state index contributed by atoms with van der Waals surface area (Å²) < 4.78 is 1.15. The molecule has 1 saturated carbocycles. The number of benzene rings is 1. The highest BCUT2D eigenvalue weighted by Gasteiger charge is 2.30. The Balaban J connectivity index is 2.27. The molecule has 0 amide bonds. The first kappa shape index (κ1) is 15.8. The Morgan fingerprint density at radius 3 is 2.60 bits per heavy atom. The van der Waals surface area contributed by atoms with E-state index in [1.807, 2.05) is 0 Å². The van der Waals surface area contributed by atoms with Crippen LogP contribution in [-0.4, -0.2) is 18.6 Å². The van der Waals surface area contributed by atoms with E-state index in [4.69, 9.17) is 5.73 Å². The first-order chi connectivity index (χ1) is 9.51. The number of hydrogen-bond acceptors (Lipinski definition) is 2. The van der Waals surface area contributed by atoms with Gasteiger partial charge in [0.1, 0.15) is 0 Å². The smallest absolute Gasteiger partial charge is 0.0402 e. The maximum absolute atomic E-state index is 6.18. The van der Waals surface area contributed by atoms with E-state index in [9.17, 15) is 0 Å². The van der Waals surface area contributed by atoms with Crippen LogP contribution in [0.5, 0.6) is 0 Å². The fourth-order valence-corrected chi connectivity index (χ4v) is 3.06. The second-order valence-corrected chi connectivity index (χ2v) is 7.34. The Morgan fingerprint density at radius 1 is 1.35 bits per heavy atom. The summed E-state index contributed by atoms with van der Waals surface area (Å²) in [5.41, 5.74) is 8.97. The van der Waals surface area contributed by atoms with Gasteiger partial charge in [-0.2, -0.15) is 0 Å². The predicted octanol–water partition coefficient (Wildman–Crippen LogP) is 4.35. The Bertz CT molecular complexity index is 441. The lowest BCUT2D eigenvalue weighted by atomic mass is 10.0. The molecular formula is C17H27BrN2. The highest BCUT2D eigenvalue weighted by atomic mass is 79.9. The molecule has 0 bridgehead atoms. The van der Waals surface area contributed by atoms with E-state index in [-0.39, 0.29) is 6.04 Å². The molecule has 3 heteroatoms. The topological polar surface area (TPSA) is 29.3 Å². The summed E-state index contributed by atoms with van der Waals surface area (Å²) in [6.45, 7) is 7.90. The second kappa shape index (κ2) is 6.95. The van der Waals surface area contributed by atoms with Crippen molar-refractivity contribution < 1.29 is 0 Å². The van der Waals surface area contributed by atoms with Crippen LogP contribution in [0.1, 0.15) is 45.6 Å². The molecule has 0 spiro atoms. The van der Waals surface area contributed by atoms with Gasteiger partial charge in [-0.3, -0.25) is 0 Å². The van der Waals surface area contributed by atoms with Gasteiger partial charge in [0.2, 0.25) is 0 Å². The minimum atomic E-state index is 0.253. The average molecular weight is 339 g/mol. The van der Waals surface area contributed by atoms with Gasteiger partial charge in [-0.15, -0.1) is 0 Å². The summed E-state index contributed by atoms with van der Waals surface area (Å²) in [6, 6.07) is 7.67. The number of hydrogen-bond donors (Lipinski definition) is 1. The molecular weight excluding hydrogens is 312 g/mol. The third-order valence-corrected chi connectivity index (χ3v) is 4.40. The van der Waals surface area contributed by atoms with E-state index in [1.54, 1.807) is 0 Å². The number of nitrogens with zero attached hydrogens (tertiary/aromatic N) is 1. The van der Waals surface area contributed by atoms with Gasteiger partial charge in [0.25, 0.3) is 0 Å². The molecule has 0 aromatic heterocycles. The van der Waals surface area contributed by atoms with Gasteiger partial charge in [-0.1, -0.05) is 36.7 Å². The highest BCUT2D eigenvalue weighted by molar-refractivity contribution is 9.10. The average Bonchev–Trinajstić information content (AvgIpc) is 3.20. The van der Waals surface area contributed by atoms with Crippen molar-refractivity contribution >= 4 is 21.6 Å². The Morgan fingerprint density at radius 2 is 2.05 bits per heavy atom. The van der Waals surface area contributed by atoms with Crippen LogP contribution < -0.4 is 10.6 Å². The lowest BCUT2D eigenvalue weighted by Gasteiger charge is -2.29. The molecule has 2 rings (SSSR count). The van der Waals surface area contributed by atoms with Crippen molar-refractivity contribution in [2.75, 3.05) is 11.4 Å². The number of anilines is 1. The molecule has 0 aliphatic heterocycles. The van der Waals surface area contributed by atoms with Crippen LogP contribution in [0.15, 0.2) is 22.7 Å². The molecule has 2 N–H and O–H groups in total. The van der Waals surface area contributed by atoms with Crippen LogP contribution in [0.4, 0.5) is 5.69 Å².